The minimum absolute atomic E-state index is 0.131. The predicted molar refractivity (Wildman–Crippen MR) is 126 cm³/mol. The van der Waals surface area contributed by atoms with Crippen LogP contribution in [0.5, 0.6) is 11.5 Å². The predicted octanol–water partition coefficient (Wildman–Crippen LogP) is 2.44. The number of carbonyl (C=O) groups excluding carboxylic acids is 1. The molecule has 0 aliphatic carbocycles. The van der Waals surface area contributed by atoms with Gasteiger partial charge in [0.05, 0.1) is 33.4 Å². The molecule has 0 N–H and O–H groups in total. The molecule has 0 spiro atoms. The fraction of sp³-hybridized carbons (Fsp3) is 0.208. The van der Waals surface area contributed by atoms with Crippen LogP contribution in [0.15, 0.2) is 63.5 Å². The molecule has 3 heterocycles. The lowest BCUT2D eigenvalue weighted by molar-refractivity contribution is -0.384. The summed E-state index contributed by atoms with van der Waals surface area (Å²) in [7, 11) is 0. The topological polar surface area (TPSA) is 122 Å². The Kier molecular flexibility index (Phi) is 5.69. The van der Waals surface area contributed by atoms with Crippen molar-refractivity contribution in [2.45, 2.75) is 19.9 Å². The number of ether oxygens (including phenoxy) is 3. The third-order valence-corrected chi connectivity index (χ3v) is 6.59. The highest BCUT2D eigenvalue weighted by Gasteiger charge is 2.34. The molecule has 0 saturated heterocycles. The van der Waals surface area contributed by atoms with Crippen LogP contribution >= 0.6 is 11.3 Å². The van der Waals surface area contributed by atoms with Gasteiger partial charge in [-0.25, -0.2) is 9.79 Å². The zero-order chi connectivity index (χ0) is 24.7. The number of rotatable bonds is 5. The Morgan fingerprint density at radius 1 is 1.29 bits per heavy atom. The summed E-state index contributed by atoms with van der Waals surface area (Å²) in [5.41, 5.74) is 1.16. The number of allylic oxidation sites excluding steroid dienone is 1. The highest BCUT2D eigenvalue weighted by atomic mass is 32.1. The van der Waals surface area contributed by atoms with Gasteiger partial charge in [-0.1, -0.05) is 29.5 Å². The molecule has 35 heavy (non-hydrogen) atoms. The van der Waals surface area contributed by atoms with Crippen LogP contribution in [0.2, 0.25) is 0 Å². The highest BCUT2D eigenvalue weighted by Crippen LogP contribution is 2.33. The largest absolute Gasteiger partial charge is 0.463 e. The minimum atomic E-state index is -0.927. The third kappa shape index (κ3) is 3.99. The minimum Gasteiger partial charge on any atom is -0.463 e. The van der Waals surface area contributed by atoms with Gasteiger partial charge in [0.2, 0.25) is 6.79 Å². The van der Waals surface area contributed by atoms with E-state index in [1.807, 2.05) is 0 Å². The van der Waals surface area contributed by atoms with Gasteiger partial charge in [0, 0.05) is 12.1 Å². The lowest BCUT2D eigenvalue weighted by atomic mass is 9.95. The molecular formula is C24H19N3O7S. The molecule has 10 nitrogen and oxygen atoms in total. The molecule has 2 aromatic carbocycles. The van der Waals surface area contributed by atoms with Crippen LogP contribution in [0.1, 0.15) is 31.0 Å². The van der Waals surface area contributed by atoms with Crippen LogP contribution < -0.4 is 24.4 Å². The number of fused-ring (bicyclic) bond motifs is 2. The standard InChI is InChI=1S/C24H19N3O7S/c1-3-32-23(29)20-13(2)25-24-26(21(20)15-5-4-6-16(11-15)27(30)31)22(28)19(35-24)10-14-7-8-17-18(9-14)34-12-33-17/h4-11,21H,3,12H2,1-2H3/b19-10-/t21-/m1/s1. The average Bonchev–Trinajstić information content (AvgIpc) is 3.42. The van der Waals surface area contributed by atoms with Crippen molar-refractivity contribution in [1.29, 1.82) is 0 Å². The van der Waals surface area contributed by atoms with Crippen molar-refractivity contribution >= 4 is 29.1 Å². The van der Waals surface area contributed by atoms with Crippen LogP contribution in [0.25, 0.3) is 6.08 Å². The van der Waals surface area contributed by atoms with Gasteiger partial charge in [-0.2, -0.15) is 0 Å². The quantitative estimate of drug-likeness (QED) is 0.304. The molecule has 1 atom stereocenters. The Morgan fingerprint density at radius 2 is 2.09 bits per heavy atom. The Balaban J connectivity index is 1.71. The van der Waals surface area contributed by atoms with Crippen molar-refractivity contribution in [3.63, 3.8) is 0 Å². The van der Waals surface area contributed by atoms with E-state index in [2.05, 4.69) is 4.99 Å². The molecule has 0 saturated carbocycles. The molecule has 2 aliphatic rings. The number of benzene rings is 2. The number of nitro benzene ring substituents is 1. The van der Waals surface area contributed by atoms with Crippen LogP contribution in [0, 0.1) is 10.1 Å². The van der Waals surface area contributed by atoms with Crippen molar-refractivity contribution in [2.24, 2.45) is 4.99 Å². The summed E-state index contributed by atoms with van der Waals surface area (Å²) >= 11 is 1.17. The second kappa shape index (κ2) is 8.84. The van der Waals surface area contributed by atoms with Gasteiger partial charge in [-0.05, 0) is 43.2 Å². The average molecular weight is 493 g/mol. The fourth-order valence-corrected chi connectivity index (χ4v) is 5.12. The number of carbonyl (C=O) groups is 1. The van der Waals surface area contributed by atoms with E-state index in [0.717, 1.165) is 5.56 Å². The molecule has 11 heteroatoms. The van der Waals surface area contributed by atoms with Crippen LogP contribution in [-0.4, -0.2) is 28.9 Å². The van der Waals surface area contributed by atoms with E-state index in [4.69, 9.17) is 14.2 Å². The number of aromatic nitrogens is 1. The first-order chi connectivity index (χ1) is 16.9. The Bertz CT molecular complexity index is 1590. The summed E-state index contributed by atoms with van der Waals surface area (Å²) in [5.74, 6) is 0.584. The van der Waals surface area contributed by atoms with Crippen molar-refractivity contribution in [2.75, 3.05) is 13.4 Å². The first-order valence-corrected chi connectivity index (χ1v) is 11.5. The molecule has 0 radical (unpaired) electrons. The number of non-ortho nitro benzene ring substituents is 1. The van der Waals surface area contributed by atoms with Crippen molar-refractivity contribution in [3.05, 3.63) is 94.7 Å². The zero-order valence-corrected chi connectivity index (χ0v) is 19.5. The van der Waals surface area contributed by atoms with Gasteiger partial charge in [-0.15, -0.1) is 0 Å². The van der Waals surface area contributed by atoms with Gasteiger partial charge in [0.15, 0.2) is 16.3 Å². The second-order valence-corrected chi connectivity index (χ2v) is 8.78. The van der Waals surface area contributed by atoms with Crippen LogP contribution in [-0.2, 0) is 9.53 Å². The highest BCUT2D eigenvalue weighted by molar-refractivity contribution is 7.07. The number of esters is 1. The number of nitro groups is 1. The summed E-state index contributed by atoms with van der Waals surface area (Å²) in [5, 5.41) is 11.4. The maximum absolute atomic E-state index is 13.6. The Hall–Kier alpha value is -4.25. The van der Waals surface area contributed by atoms with Gasteiger partial charge < -0.3 is 14.2 Å². The van der Waals surface area contributed by atoms with Gasteiger partial charge in [-0.3, -0.25) is 19.5 Å². The van der Waals surface area contributed by atoms with Crippen LogP contribution in [0.4, 0.5) is 5.69 Å². The van der Waals surface area contributed by atoms with Gasteiger partial charge >= 0.3 is 5.97 Å². The van der Waals surface area contributed by atoms with E-state index >= 15 is 0 Å². The molecule has 3 aromatic rings. The van der Waals surface area contributed by atoms with Gasteiger partial charge in [0.1, 0.15) is 0 Å². The molecule has 2 aliphatic heterocycles. The molecule has 1 aromatic heterocycles. The normalized spacial score (nSPS) is 16.6. The van der Waals surface area contributed by atoms with E-state index in [9.17, 15) is 19.7 Å². The molecule has 0 fully saturated rings. The number of hydrogen-bond donors (Lipinski definition) is 0. The second-order valence-electron chi connectivity index (χ2n) is 7.77. The summed E-state index contributed by atoms with van der Waals surface area (Å²) in [6, 6.07) is 10.3. The first kappa shape index (κ1) is 22.5. The molecule has 0 bridgehead atoms. The third-order valence-electron chi connectivity index (χ3n) is 5.61. The molecular weight excluding hydrogens is 474 g/mol. The van der Waals surface area contributed by atoms with Crippen molar-refractivity contribution in [1.82, 2.24) is 4.57 Å². The van der Waals surface area contributed by atoms with E-state index in [-0.39, 0.29) is 30.2 Å². The molecule has 5 rings (SSSR count). The van der Waals surface area contributed by atoms with Crippen LogP contribution in [0.3, 0.4) is 0 Å². The lowest BCUT2D eigenvalue weighted by Crippen LogP contribution is -2.39. The molecule has 0 amide bonds. The number of thiazole rings is 1. The maximum atomic E-state index is 13.6. The Morgan fingerprint density at radius 3 is 2.86 bits per heavy atom. The monoisotopic (exact) mass is 493 g/mol. The first-order valence-electron chi connectivity index (χ1n) is 10.7. The lowest BCUT2D eigenvalue weighted by Gasteiger charge is -2.24. The van der Waals surface area contributed by atoms with Crippen molar-refractivity contribution < 1.29 is 23.9 Å². The number of hydrogen-bond acceptors (Lipinski definition) is 9. The Labute approximate surface area is 202 Å². The SMILES string of the molecule is CCOC(=O)C1=C(C)N=c2s/c(=C\c3ccc4c(c3)OCO4)c(=O)n2[C@@H]1c1cccc([N+](=O)[O-])c1. The van der Waals surface area contributed by atoms with E-state index in [0.29, 0.717) is 32.1 Å². The summed E-state index contributed by atoms with van der Waals surface area (Å²) in [4.78, 5) is 42.3. The number of nitrogens with zero attached hydrogens (tertiary/aromatic N) is 3. The molecule has 0 unspecified atom stereocenters. The van der Waals surface area contributed by atoms with E-state index < -0.39 is 16.9 Å². The summed E-state index contributed by atoms with van der Waals surface area (Å²) in [6.07, 6.45) is 1.71. The smallest absolute Gasteiger partial charge is 0.338 e. The fourth-order valence-electron chi connectivity index (χ4n) is 4.07. The molecule has 178 valence electrons. The summed E-state index contributed by atoms with van der Waals surface area (Å²) in [6.45, 7) is 3.61. The van der Waals surface area contributed by atoms with E-state index in [1.165, 1.54) is 34.1 Å². The van der Waals surface area contributed by atoms with Gasteiger partial charge in [0.25, 0.3) is 11.2 Å². The zero-order valence-electron chi connectivity index (χ0n) is 18.7. The summed E-state index contributed by atoms with van der Waals surface area (Å²) < 4.78 is 17.8. The maximum Gasteiger partial charge on any atom is 0.338 e. The van der Waals surface area contributed by atoms with E-state index in [1.54, 1.807) is 44.2 Å². The van der Waals surface area contributed by atoms with Crippen molar-refractivity contribution in [3.8, 4) is 11.5 Å².